The van der Waals surface area contributed by atoms with Crippen LogP contribution in [-0.2, 0) is 24.3 Å². The molecule has 1 saturated heterocycles. The lowest BCUT2D eigenvalue weighted by Gasteiger charge is -2.40. The van der Waals surface area contributed by atoms with Crippen LogP contribution in [0.1, 0.15) is 45.8 Å². The second kappa shape index (κ2) is 10.5. The van der Waals surface area contributed by atoms with Crippen LogP contribution in [0.3, 0.4) is 0 Å². The molecule has 2 heterocycles. The molecule has 0 spiro atoms. The Morgan fingerprint density at radius 1 is 1.15 bits per heavy atom. The lowest BCUT2D eigenvalue weighted by Crippen LogP contribution is -2.53. The van der Waals surface area contributed by atoms with Gasteiger partial charge in [0.1, 0.15) is 6.61 Å². The van der Waals surface area contributed by atoms with Gasteiger partial charge in [-0.25, -0.2) is 0 Å². The Bertz CT molecular complexity index is 1100. The Hall–Kier alpha value is -2.74. The zero-order valence-electron chi connectivity index (χ0n) is 19.3. The van der Waals surface area contributed by atoms with Gasteiger partial charge in [0.15, 0.2) is 0 Å². The predicted molar refractivity (Wildman–Crippen MR) is 126 cm³/mol. The van der Waals surface area contributed by atoms with Gasteiger partial charge < -0.3 is 14.1 Å². The van der Waals surface area contributed by atoms with Crippen molar-refractivity contribution in [1.82, 2.24) is 20.0 Å². The average molecular weight is 469 g/mol. The third-order valence-electron chi connectivity index (χ3n) is 6.09. The molecule has 1 aliphatic rings. The lowest BCUT2D eigenvalue weighted by molar-refractivity contribution is 0.0475. The molecule has 0 saturated carbocycles. The van der Waals surface area contributed by atoms with Gasteiger partial charge >= 0.3 is 0 Å². The zero-order chi connectivity index (χ0) is 23.4. The summed E-state index contributed by atoms with van der Waals surface area (Å²) < 4.78 is 10.7. The highest BCUT2D eigenvalue weighted by molar-refractivity contribution is 6.30. The Balaban J connectivity index is 1.43. The van der Waals surface area contributed by atoms with Crippen molar-refractivity contribution in [2.24, 2.45) is 0 Å². The molecule has 33 heavy (non-hydrogen) atoms. The molecule has 1 aromatic heterocycles. The SMILES string of the molecule is COCc1nnc(Cc2cc(Cl)cc(CN3CCN(C(=O)c4ccccc4)[C@@H](C)C3)c2C)o1. The quantitative estimate of drug-likeness (QED) is 0.519. The number of carbonyl (C=O) groups is 1. The fourth-order valence-corrected chi connectivity index (χ4v) is 4.58. The minimum absolute atomic E-state index is 0.0939. The second-order valence-electron chi connectivity index (χ2n) is 8.50. The molecule has 0 unspecified atom stereocenters. The highest BCUT2D eigenvalue weighted by Crippen LogP contribution is 2.25. The summed E-state index contributed by atoms with van der Waals surface area (Å²) in [5.74, 6) is 1.10. The molecule has 2 aromatic carbocycles. The summed E-state index contributed by atoms with van der Waals surface area (Å²) in [6, 6.07) is 13.6. The number of benzene rings is 2. The summed E-state index contributed by atoms with van der Waals surface area (Å²) in [4.78, 5) is 17.2. The van der Waals surface area contributed by atoms with Crippen LogP contribution in [0.15, 0.2) is 46.9 Å². The van der Waals surface area contributed by atoms with Crippen molar-refractivity contribution in [3.8, 4) is 0 Å². The van der Waals surface area contributed by atoms with Gasteiger partial charge in [0.25, 0.3) is 5.91 Å². The number of ether oxygens (including phenoxy) is 1. The van der Waals surface area contributed by atoms with Gasteiger partial charge in [0.2, 0.25) is 11.8 Å². The minimum Gasteiger partial charge on any atom is -0.422 e. The highest BCUT2D eigenvalue weighted by Gasteiger charge is 2.28. The molecule has 174 valence electrons. The summed E-state index contributed by atoms with van der Waals surface area (Å²) in [6.07, 6.45) is 0.520. The molecule has 8 heteroatoms. The van der Waals surface area contributed by atoms with Gasteiger partial charge in [0, 0.05) is 49.9 Å². The third kappa shape index (κ3) is 5.61. The number of halogens is 1. The van der Waals surface area contributed by atoms with Crippen LogP contribution in [0.5, 0.6) is 0 Å². The van der Waals surface area contributed by atoms with Crippen molar-refractivity contribution in [1.29, 1.82) is 0 Å². The van der Waals surface area contributed by atoms with Crippen LogP contribution in [0.2, 0.25) is 5.02 Å². The number of carbonyl (C=O) groups excluding carboxylic acids is 1. The maximum absolute atomic E-state index is 12.9. The number of aromatic nitrogens is 2. The van der Waals surface area contributed by atoms with E-state index in [1.165, 1.54) is 11.1 Å². The van der Waals surface area contributed by atoms with E-state index < -0.39 is 0 Å². The van der Waals surface area contributed by atoms with Gasteiger partial charge in [-0.05, 0) is 54.8 Å². The Labute approximate surface area is 199 Å². The Morgan fingerprint density at radius 3 is 2.61 bits per heavy atom. The predicted octanol–water partition coefficient (Wildman–Crippen LogP) is 4.12. The highest BCUT2D eigenvalue weighted by atomic mass is 35.5. The summed E-state index contributed by atoms with van der Waals surface area (Å²) in [5.41, 5.74) is 4.14. The molecule has 1 amide bonds. The van der Waals surface area contributed by atoms with E-state index in [-0.39, 0.29) is 11.9 Å². The summed E-state index contributed by atoms with van der Waals surface area (Å²) in [7, 11) is 1.59. The number of amides is 1. The van der Waals surface area contributed by atoms with Crippen molar-refractivity contribution in [2.75, 3.05) is 26.7 Å². The maximum atomic E-state index is 12.9. The fourth-order valence-electron chi connectivity index (χ4n) is 4.32. The summed E-state index contributed by atoms with van der Waals surface area (Å²) in [5, 5.41) is 8.81. The second-order valence-corrected chi connectivity index (χ2v) is 8.93. The van der Waals surface area contributed by atoms with E-state index in [0.29, 0.717) is 36.4 Å². The molecule has 1 atom stereocenters. The van der Waals surface area contributed by atoms with Crippen LogP contribution in [0.4, 0.5) is 0 Å². The monoisotopic (exact) mass is 468 g/mol. The first-order valence-electron chi connectivity index (χ1n) is 11.1. The molecule has 1 aliphatic heterocycles. The van der Waals surface area contributed by atoms with E-state index in [0.717, 1.165) is 30.8 Å². The van der Waals surface area contributed by atoms with Crippen LogP contribution in [0.25, 0.3) is 0 Å². The molecular formula is C25H29ClN4O3. The zero-order valence-corrected chi connectivity index (χ0v) is 20.0. The first-order chi connectivity index (χ1) is 15.9. The maximum Gasteiger partial charge on any atom is 0.254 e. The van der Waals surface area contributed by atoms with Gasteiger partial charge in [0.05, 0.1) is 6.42 Å². The van der Waals surface area contributed by atoms with Crippen molar-refractivity contribution in [2.45, 2.75) is 39.5 Å². The smallest absolute Gasteiger partial charge is 0.254 e. The lowest BCUT2D eigenvalue weighted by atomic mass is 9.99. The van der Waals surface area contributed by atoms with Crippen LogP contribution in [-0.4, -0.2) is 58.7 Å². The normalized spacial score (nSPS) is 16.8. The number of rotatable bonds is 7. The number of nitrogens with zero attached hydrogens (tertiary/aromatic N) is 4. The van der Waals surface area contributed by atoms with Crippen molar-refractivity contribution in [3.05, 3.63) is 81.5 Å². The summed E-state index contributed by atoms with van der Waals surface area (Å²) in [6.45, 7) is 7.60. The topological polar surface area (TPSA) is 71.7 Å². The molecule has 0 aliphatic carbocycles. The molecule has 7 nitrogen and oxygen atoms in total. The Morgan fingerprint density at radius 2 is 1.88 bits per heavy atom. The van der Waals surface area contributed by atoms with Gasteiger partial charge in [-0.2, -0.15) is 0 Å². The largest absolute Gasteiger partial charge is 0.422 e. The third-order valence-corrected chi connectivity index (χ3v) is 6.31. The number of hydrogen-bond donors (Lipinski definition) is 0. The van der Waals surface area contributed by atoms with Crippen LogP contribution < -0.4 is 0 Å². The molecule has 3 aromatic rings. The van der Waals surface area contributed by atoms with E-state index in [2.05, 4.69) is 28.9 Å². The number of methoxy groups -OCH3 is 1. The van der Waals surface area contributed by atoms with E-state index in [4.69, 9.17) is 20.8 Å². The Kier molecular flexibility index (Phi) is 7.42. The van der Waals surface area contributed by atoms with E-state index in [1.54, 1.807) is 7.11 Å². The summed E-state index contributed by atoms with van der Waals surface area (Å²) >= 11 is 6.46. The van der Waals surface area contributed by atoms with Gasteiger partial charge in [-0.1, -0.05) is 29.8 Å². The van der Waals surface area contributed by atoms with E-state index >= 15 is 0 Å². The molecule has 0 radical (unpaired) electrons. The van der Waals surface area contributed by atoms with Gasteiger partial charge in [-0.3, -0.25) is 9.69 Å². The minimum atomic E-state index is 0.0939. The number of piperazine rings is 1. The van der Waals surface area contributed by atoms with E-state index in [1.807, 2.05) is 47.4 Å². The molecular weight excluding hydrogens is 440 g/mol. The van der Waals surface area contributed by atoms with Crippen LogP contribution in [0, 0.1) is 6.92 Å². The molecule has 4 rings (SSSR count). The van der Waals surface area contributed by atoms with Crippen molar-refractivity contribution in [3.63, 3.8) is 0 Å². The van der Waals surface area contributed by atoms with Crippen molar-refractivity contribution < 1.29 is 13.9 Å². The molecule has 0 N–H and O–H groups in total. The van der Waals surface area contributed by atoms with Crippen LogP contribution >= 0.6 is 11.6 Å². The fraction of sp³-hybridized carbons (Fsp3) is 0.400. The first kappa shape index (κ1) is 23.4. The van der Waals surface area contributed by atoms with E-state index in [9.17, 15) is 4.79 Å². The number of hydrogen-bond acceptors (Lipinski definition) is 6. The molecule has 1 fully saturated rings. The first-order valence-corrected chi connectivity index (χ1v) is 11.5. The van der Waals surface area contributed by atoms with Crippen molar-refractivity contribution >= 4 is 17.5 Å². The molecule has 0 bridgehead atoms. The average Bonchev–Trinajstić information content (AvgIpc) is 3.24. The standard InChI is InChI=1S/C25H29ClN4O3/c1-17-14-29(9-10-30(17)25(31)19-7-5-4-6-8-19)15-21-12-22(26)11-20(18(21)2)13-23-27-28-24(33-23)16-32-3/h4-8,11-12,17H,9-10,13-16H2,1-3H3/t17-/m0/s1. The van der Waals surface area contributed by atoms with Gasteiger partial charge in [-0.15, -0.1) is 10.2 Å².